The Labute approximate surface area is 181 Å². The molecule has 0 fully saturated rings. The number of ether oxygens (including phenoxy) is 2. The van der Waals surface area contributed by atoms with E-state index in [9.17, 15) is 0 Å². The largest absolute Gasteiger partial charge is 0.497 e. The number of pyridine rings is 1. The molecule has 0 aliphatic carbocycles. The summed E-state index contributed by atoms with van der Waals surface area (Å²) in [5.41, 5.74) is 2.06. The van der Waals surface area contributed by atoms with E-state index in [4.69, 9.17) is 9.47 Å². The van der Waals surface area contributed by atoms with Crippen molar-refractivity contribution in [1.29, 1.82) is 0 Å². The Morgan fingerprint density at radius 3 is 2.63 bits per heavy atom. The number of rotatable bonds is 8. The predicted octanol–water partition coefficient (Wildman–Crippen LogP) is 4.21. The van der Waals surface area contributed by atoms with Gasteiger partial charge in [0, 0.05) is 29.8 Å². The zero-order valence-electron chi connectivity index (χ0n) is 17.7. The molecule has 158 valence electrons. The molecule has 0 aliphatic rings. The second kappa shape index (κ2) is 10.6. The third kappa shape index (κ3) is 6.18. The van der Waals surface area contributed by atoms with Gasteiger partial charge in [-0.1, -0.05) is 12.1 Å². The van der Waals surface area contributed by atoms with Crippen molar-refractivity contribution < 1.29 is 9.47 Å². The number of nitrogens with one attached hydrogen (secondary N) is 2. The maximum Gasteiger partial charge on any atom is 0.219 e. The van der Waals surface area contributed by atoms with Gasteiger partial charge < -0.3 is 20.1 Å². The fourth-order valence-electron chi connectivity index (χ4n) is 2.76. The van der Waals surface area contributed by atoms with Crippen LogP contribution in [0.25, 0.3) is 0 Å². The molecule has 0 radical (unpaired) electrons. The van der Waals surface area contributed by atoms with E-state index in [1.807, 2.05) is 57.2 Å². The van der Waals surface area contributed by atoms with Gasteiger partial charge in [-0.05, 0) is 38.5 Å². The van der Waals surface area contributed by atoms with Gasteiger partial charge in [-0.25, -0.2) is 15.0 Å². The SMILES string of the molecule is CCNC(=NCc1ccc(Oc2cccc(OC)c2)nc1)NCc1sc(C)nc1C. The van der Waals surface area contributed by atoms with Crippen LogP contribution >= 0.6 is 11.3 Å². The predicted molar refractivity (Wildman–Crippen MR) is 121 cm³/mol. The molecule has 8 heteroatoms. The van der Waals surface area contributed by atoms with E-state index < -0.39 is 0 Å². The number of aromatic nitrogens is 2. The molecule has 3 rings (SSSR count). The molecule has 30 heavy (non-hydrogen) atoms. The van der Waals surface area contributed by atoms with E-state index in [0.29, 0.717) is 24.7 Å². The summed E-state index contributed by atoms with van der Waals surface area (Å²) in [6, 6.07) is 11.2. The number of aryl methyl sites for hydroxylation is 2. The molecule has 1 aromatic carbocycles. The van der Waals surface area contributed by atoms with Gasteiger partial charge in [0.2, 0.25) is 5.88 Å². The Hall–Kier alpha value is -3.13. The van der Waals surface area contributed by atoms with Gasteiger partial charge >= 0.3 is 0 Å². The normalized spacial score (nSPS) is 11.3. The van der Waals surface area contributed by atoms with Gasteiger partial charge in [0.15, 0.2) is 5.96 Å². The molecule has 0 aliphatic heterocycles. The number of thiazole rings is 1. The Kier molecular flexibility index (Phi) is 7.62. The smallest absolute Gasteiger partial charge is 0.219 e. The molecule has 0 saturated carbocycles. The number of hydrogen-bond acceptors (Lipinski definition) is 6. The number of nitrogens with zero attached hydrogens (tertiary/aromatic N) is 3. The summed E-state index contributed by atoms with van der Waals surface area (Å²) in [6.07, 6.45) is 1.78. The summed E-state index contributed by atoms with van der Waals surface area (Å²) < 4.78 is 11.0. The van der Waals surface area contributed by atoms with E-state index >= 15 is 0 Å². The minimum absolute atomic E-state index is 0.516. The highest BCUT2D eigenvalue weighted by molar-refractivity contribution is 7.11. The van der Waals surface area contributed by atoms with Crippen molar-refractivity contribution in [2.75, 3.05) is 13.7 Å². The molecule has 0 saturated heterocycles. The van der Waals surface area contributed by atoms with Crippen molar-refractivity contribution in [3.05, 3.63) is 63.7 Å². The lowest BCUT2D eigenvalue weighted by atomic mass is 10.3. The Balaban J connectivity index is 1.59. The van der Waals surface area contributed by atoms with Crippen molar-refractivity contribution in [2.24, 2.45) is 4.99 Å². The van der Waals surface area contributed by atoms with Crippen LogP contribution < -0.4 is 20.1 Å². The first kappa shape index (κ1) is 21.6. The summed E-state index contributed by atoms with van der Waals surface area (Å²) >= 11 is 1.71. The number of aliphatic imine (C=N–C) groups is 1. The number of hydrogen-bond donors (Lipinski definition) is 2. The highest BCUT2D eigenvalue weighted by atomic mass is 32.1. The first-order valence-electron chi connectivity index (χ1n) is 9.79. The van der Waals surface area contributed by atoms with Crippen molar-refractivity contribution in [3.63, 3.8) is 0 Å². The Morgan fingerprint density at radius 2 is 1.97 bits per heavy atom. The van der Waals surface area contributed by atoms with Crippen LogP contribution in [0.3, 0.4) is 0 Å². The van der Waals surface area contributed by atoms with E-state index in [-0.39, 0.29) is 0 Å². The average molecular weight is 426 g/mol. The Morgan fingerprint density at radius 1 is 1.13 bits per heavy atom. The zero-order chi connectivity index (χ0) is 21.3. The second-order valence-electron chi connectivity index (χ2n) is 6.58. The maximum absolute atomic E-state index is 5.78. The Bertz CT molecular complexity index is 985. The quantitative estimate of drug-likeness (QED) is 0.416. The van der Waals surface area contributed by atoms with Crippen LogP contribution in [-0.4, -0.2) is 29.6 Å². The second-order valence-corrected chi connectivity index (χ2v) is 7.86. The third-order valence-corrected chi connectivity index (χ3v) is 5.31. The van der Waals surface area contributed by atoms with Gasteiger partial charge in [0.05, 0.1) is 30.9 Å². The van der Waals surface area contributed by atoms with Crippen LogP contribution in [0.4, 0.5) is 0 Å². The van der Waals surface area contributed by atoms with E-state index in [2.05, 4.69) is 25.6 Å². The third-order valence-electron chi connectivity index (χ3n) is 4.24. The van der Waals surface area contributed by atoms with Crippen LogP contribution in [0.1, 0.15) is 28.1 Å². The summed E-state index contributed by atoms with van der Waals surface area (Å²) in [5, 5.41) is 7.72. The molecule has 0 bridgehead atoms. The van der Waals surface area contributed by atoms with Gasteiger partial charge in [0.25, 0.3) is 0 Å². The van der Waals surface area contributed by atoms with Gasteiger partial charge in [-0.15, -0.1) is 11.3 Å². The molecule has 2 N–H and O–H groups in total. The van der Waals surface area contributed by atoms with Crippen LogP contribution in [0.2, 0.25) is 0 Å². The molecular formula is C22H27N5O2S. The first-order chi connectivity index (χ1) is 14.6. The minimum Gasteiger partial charge on any atom is -0.497 e. The van der Waals surface area contributed by atoms with Gasteiger partial charge in [-0.3, -0.25) is 0 Å². The number of guanidine groups is 1. The summed E-state index contributed by atoms with van der Waals surface area (Å²) in [4.78, 5) is 14.7. The number of benzene rings is 1. The molecule has 2 aromatic heterocycles. The lowest BCUT2D eigenvalue weighted by Gasteiger charge is -2.11. The first-order valence-corrected chi connectivity index (χ1v) is 10.6. The molecule has 7 nitrogen and oxygen atoms in total. The van der Waals surface area contributed by atoms with Crippen LogP contribution in [0.5, 0.6) is 17.4 Å². The molecular weight excluding hydrogens is 398 g/mol. The fraction of sp³-hybridized carbons (Fsp3) is 0.318. The fourth-order valence-corrected chi connectivity index (χ4v) is 3.64. The molecule has 0 atom stereocenters. The topological polar surface area (TPSA) is 80.7 Å². The van der Waals surface area contributed by atoms with Crippen molar-refractivity contribution in [2.45, 2.75) is 33.9 Å². The lowest BCUT2D eigenvalue weighted by Crippen LogP contribution is -2.36. The minimum atomic E-state index is 0.516. The molecule has 0 unspecified atom stereocenters. The highest BCUT2D eigenvalue weighted by Gasteiger charge is 2.06. The molecule has 0 amide bonds. The van der Waals surface area contributed by atoms with Crippen LogP contribution in [-0.2, 0) is 13.1 Å². The summed E-state index contributed by atoms with van der Waals surface area (Å²) in [5.74, 6) is 2.71. The van der Waals surface area contributed by atoms with Crippen molar-refractivity contribution in [1.82, 2.24) is 20.6 Å². The molecule has 2 heterocycles. The van der Waals surface area contributed by atoms with Gasteiger partial charge in [0.1, 0.15) is 11.5 Å². The molecule has 0 spiro atoms. The van der Waals surface area contributed by atoms with Crippen molar-refractivity contribution in [3.8, 4) is 17.4 Å². The monoisotopic (exact) mass is 425 g/mol. The van der Waals surface area contributed by atoms with E-state index in [0.717, 1.165) is 34.5 Å². The van der Waals surface area contributed by atoms with Crippen LogP contribution in [0.15, 0.2) is 47.6 Å². The lowest BCUT2D eigenvalue weighted by molar-refractivity contribution is 0.407. The highest BCUT2D eigenvalue weighted by Crippen LogP contribution is 2.24. The molecule has 3 aromatic rings. The maximum atomic E-state index is 5.78. The standard InChI is InChI=1S/C22H27N5O2S/c1-5-23-22(26-14-20-15(2)27-16(3)30-20)25-13-17-9-10-21(24-12-17)29-19-8-6-7-18(11-19)28-4/h6-12H,5,13-14H2,1-4H3,(H2,23,25,26). The van der Waals surface area contributed by atoms with Gasteiger partial charge in [-0.2, -0.15) is 0 Å². The number of methoxy groups -OCH3 is 1. The van der Waals surface area contributed by atoms with Crippen molar-refractivity contribution >= 4 is 17.3 Å². The summed E-state index contributed by atoms with van der Waals surface area (Å²) in [7, 11) is 1.63. The summed E-state index contributed by atoms with van der Waals surface area (Å²) in [6.45, 7) is 8.11. The van der Waals surface area contributed by atoms with E-state index in [1.54, 1.807) is 24.6 Å². The zero-order valence-corrected chi connectivity index (χ0v) is 18.5. The van der Waals surface area contributed by atoms with Crippen LogP contribution in [0, 0.1) is 13.8 Å². The van der Waals surface area contributed by atoms with E-state index in [1.165, 1.54) is 4.88 Å². The average Bonchev–Trinajstić information content (AvgIpc) is 3.08.